The molecule has 4 aromatic rings. The summed E-state index contributed by atoms with van der Waals surface area (Å²) in [7, 11) is 0. The maximum Gasteiger partial charge on any atom is 0.273 e. The van der Waals surface area contributed by atoms with Crippen molar-refractivity contribution in [1.82, 2.24) is 20.6 Å². The number of nitro groups is 1. The van der Waals surface area contributed by atoms with E-state index in [1.165, 1.54) is 29.5 Å². The molecule has 0 radical (unpaired) electrons. The molecule has 0 spiro atoms. The first-order valence-corrected chi connectivity index (χ1v) is 10.4. The van der Waals surface area contributed by atoms with Crippen LogP contribution in [0.4, 0.5) is 5.69 Å². The molecule has 4 rings (SSSR count). The fourth-order valence-electron chi connectivity index (χ4n) is 3.05. The number of rotatable bonds is 6. The summed E-state index contributed by atoms with van der Waals surface area (Å²) in [6, 6.07) is 18.7. The number of nitro benzene ring substituents is 1. The van der Waals surface area contributed by atoms with E-state index >= 15 is 0 Å². The maximum absolute atomic E-state index is 12.9. The van der Waals surface area contributed by atoms with Gasteiger partial charge in [0.1, 0.15) is 5.69 Å². The number of nitrogens with one attached hydrogen (secondary N) is 2. The molecule has 9 nitrogen and oxygen atoms in total. The van der Waals surface area contributed by atoms with Crippen molar-refractivity contribution in [2.45, 2.75) is 6.54 Å². The van der Waals surface area contributed by atoms with Crippen molar-refractivity contribution < 1.29 is 14.5 Å². The van der Waals surface area contributed by atoms with Gasteiger partial charge in [-0.1, -0.05) is 42.5 Å². The summed E-state index contributed by atoms with van der Waals surface area (Å²) in [4.78, 5) is 36.3. The van der Waals surface area contributed by atoms with Crippen molar-refractivity contribution in [2.24, 2.45) is 0 Å². The lowest BCUT2D eigenvalue weighted by Crippen LogP contribution is -2.41. The highest BCUT2D eigenvalue weighted by Crippen LogP contribution is 2.27. The van der Waals surface area contributed by atoms with Crippen LogP contribution in [0.25, 0.3) is 10.6 Å². The van der Waals surface area contributed by atoms with Crippen LogP contribution in [0.15, 0.2) is 78.3 Å². The second-order valence-corrected chi connectivity index (χ2v) is 7.72. The first kappa shape index (κ1) is 20.9. The minimum absolute atomic E-state index is 0.0535. The van der Waals surface area contributed by atoms with Gasteiger partial charge >= 0.3 is 0 Å². The molecule has 0 atom stereocenters. The molecule has 2 aromatic carbocycles. The number of benzene rings is 2. The van der Waals surface area contributed by atoms with Crippen molar-refractivity contribution in [2.75, 3.05) is 0 Å². The number of nitrogens with zero attached hydrogens (tertiary/aromatic N) is 3. The summed E-state index contributed by atoms with van der Waals surface area (Å²) in [5, 5.41) is 17.4. The van der Waals surface area contributed by atoms with Crippen LogP contribution in [0.1, 0.15) is 26.3 Å². The molecule has 2 amide bonds. The Morgan fingerprint density at radius 1 is 1.00 bits per heavy atom. The van der Waals surface area contributed by atoms with E-state index in [4.69, 9.17) is 0 Å². The Hall–Kier alpha value is -4.31. The first-order valence-electron chi connectivity index (χ1n) is 9.51. The van der Waals surface area contributed by atoms with Crippen LogP contribution in [0.2, 0.25) is 0 Å². The number of hydrogen-bond donors (Lipinski definition) is 2. The molecule has 2 heterocycles. The van der Waals surface area contributed by atoms with Gasteiger partial charge in [-0.2, -0.15) is 5.10 Å². The SMILES string of the molecule is O=C(NNC(=O)c1cn(Cc2ccccc2)nc1-c1cccs1)c1cccc([N+](=O)[O-])c1. The van der Waals surface area contributed by atoms with Crippen LogP contribution >= 0.6 is 11.3 Å². The van der Waals surface area contributed by atoms with E-state index in [1.807, 2.05) is 47.8 Å². The highest BCUT2D eigenvalue weighted by molar-refractivity contribution is 7.13. The van der Waals surface area contributed by atoms with E-state index in [0.29, 0.717) is 17.8 Å². The molecule has 0 saturated heterocycles. The number of aromatic nitrogens is 2. The molecule has 0 unspecified atom stereocenters. The fourth-order valence-corrected chi connectivity index (χ4v) is 3.77. The Morgan fingerprint density at radius 2 is 1.78 bits per heavy atom. The molecule has 0 aliphatic rings. The molecule has 0 aliphatic heterocycles. The lowest BCUT2D eigenvalue weighted by molar-refractivity contribution is -0.384. The van der Waals surface area contributed by atoms with E-state index in [2.05, 4.69) is 16.0 Å². The molecule has 0 bridgehead atoms. The second kappa shape index (κ2) is 9.23. The molecular formula is C22H17N5O4S. The number of hydrogen-bond acceptors (Lipinski definition) is 6. The van der Waals surface area contributed by atoms with Crippen LogP contribution < -0.4 is 10.9 Å². The van der Waals surface area contributed by atoms with Gasteiger partial charge in [-0.05, 0) is 23.1 Å². The monoisotopic (exact) mass is 447 g/mol. The van der Waals surface area contributed by atoms with Crippen LogP contribution in [0.3, 0.4) is 0 Å². The summed E-state index contributed by atoms with van der Waals surface area (Å²) in [6.07, 6.45) is 1.62. The maximum atomic E-state index is 12.9. The van der Waals surface area contributed by atoms with Gasteiger partial charge in [-0.3, -0.25) is 35.2 Å². The number of thiophene rings is 1. The predicted octanol–water partition coefficient (Wildman–Crippen LogP) is 3.64. The van der Waals surface area contributed by atoms with Gasteiger partial charge in [-0.15, -0.1) is 11.3 Å². The third-order valence-corrected chi connectivity index (χ3v) is 5.43. The normalized spacial score (nSPS) is 10.5. The lowest BCUT2D eigenvalue weighted by Gasteiger charge is -2.07. The van der Waals surface area contributed by atoms with Crippen LogP contribution in [-0.2, 0) is 6.54 Å². The number of non-ortho nitro benzene ring substituents is 1. The first-order chi connectivity index (χ1) is 15.5. The zero-order chi connectivity index (χ0) is 22.5. The van der Waals surface area contributed by atoms with Gasteiger partial charge < -0.3 is 0 Å². The van der Waals surface area contributed by atoms with Crippen molar-refractivity contribution in [3.05, 3.63) is 105 Å². The summed E-state index contributed by atoms with van der Waals surface area (Å²) >= 11 is 1.45. The van der Waals surface area contributed by atoms with E-state index in [-0.39, 0.29) is 11.3 Å². The van der Waals surface area contributed by atoms with Gasteiger partial charge in [0, 0.05) is 23.9 Å². The highest BCUT2D eigenvalue weighted by atomic mass is 32.1. The average Bonchev–Trinajstić information content (AvgIpc) is 3.48. The van der Waals surface area contributed by atoms with Gasteiger partial charge in [0.2, 0.25) is 0 Å². The zero-order valence-corrected chi connectivity index (χ0v) is 17.4. The smallest absolute Gasteiger partial charge is 0.267 e. The summed E-state index contributed by atoms with van der Waals surface area (Å²) < 4.78 is 1.67. The Balaban J connectivity index is 1.53. The van der Waals surface area contributed by atoms with Crippen LogP contribution in [0.5, 0.6) is 0 Å². The van der Waals surface area contributed by atoms with Crippen LogP contribution in [0, 0.1) is 10.1 Å². The summed E-state index contributed by atoms with van der Waals surface area (Å²) in [5.74, 6) is -1.22. The van der Waals surface area contributed by atoms with E-state index in [0.717, 1.165) is 16.5 Å². The standard InChI is InChI=1S/C22H17N5O4S/c28-21(16-8-4-9-17(12-16)27(30)31)23-24-22(29)18-14-26(13-15-6-2-1-3-7-15)25-20(18)19-10-5-11-32-19/h1-12,14H,13H2,(H,23,28)(H,24,29). The Kier molecular flexibility index (Phi) is 6.04. The van der Waals surface area contributed by atoms with Gasteiger partial charge in [0.05, 0.1) is 21.9 Å². The largest absolute Gasteiger partial charge is 0.273 e. The van der Waals surface area contributed by atoms with Crippen molar-refractivity contribution >= 4 is 28.8 Å². The number of hydrazine groups is 1. The molecule has 0 saturated carbocycles. The van der Waals surface area contributed by atoms with Gasteiger partial charge in [0.15, 0.2) is 0 Å². The molecule has 0 fully saturated rings. The Morgan fingerprint density at radius 3 is 2.50 bits per heavy atom. The Bertz CT molecular complexity index is 1270. The molecule has 32 heavy (non-hydrogen) atoms. The number of amides is 2. The quantitative estimate of drug-likeness (QED) is 0.345. The van der Waals surface area contributed by atoms with Gasteiger partial charge in [0.25, 0.3) is 17.5 Å². The third kappa shape index (κ3) is 4.71. The lowest BCUT2D eigenvalue weighted by atomic mass is 10.2. The number of carbonyl (C=O) groups is 2. The fraction of sp³-hybridized carbons (Fsp3) is 0.0455. The van der Waals surface area contributed by atoms with Crippen molar-refractivity contribution in [3.63, 3.8) is 0 Å². The average molecular weight is 447 g/mol. The molecule has 2 N–H and O–H groups in total. The minimum atomic E-state index is -0.670. The van der Waals surface area contributed by atoms with Crippen molar-refractivity contribution in [3.8, 4) is 10.6 Å². The Labute approximate surface area is 186 Å². The van der Waals surface area contributed by atoms with Crippen molar-refractivity contribution in [1.29, 1.82) is 0 Å². The molecule has 160 valence electrons. The van der Waals surface area contributed by atoms with E-state index < -0.39 is 16.7 Å². The molecule has 10 heteroatoms. The molecule has 2 aromatic heterocycles. The van der Waals surface area contributed by atoms with E-state index in [1.54, 1.807) is 10.9 Å². The topological polar surface area (TPSA) is 119 Å². The van der Waals surface area contributed by atoms with Gasteiger partial charge in [-0.25, -0.2) is 0 Å². The summed E-state index contributed by atoms with van der Waals surface area (Å²) in [5.41, 5.74) is 6.32. The molecular weight excluding hydrogens is 430 g/mol. The predicted molar refractivity (Wildman–Crippen MR) is 119 cm³/mol. The van der Waals surface area contributed by atoms with E-state index in [9.17, 15) is 19.7 Å². The second-order valence-electron chi connectivity index (χ2n) is 6.77. The zero-order valence-electron chi connectivity index (χ0n) is 16.6. The summed E-state index contributed by atoms with van der Waals surface area (Å²) in [6.45, 7) is 0.479. The third-order valence-electron chi connectivity index (χ3n) is 4.56. The number of carbonyl (C=O) groups excluding carboxylic acids is 2. The minimum Gasteiger partial charge on any atom is -0.267 e. The highest BCUT2D eigenvalue weighted by Gasteiger charge is 2.20. The van der Waals surface area contributed by atoms with Crippen LogP contribution in [-0.4, -0.2) is 26.5 Å². The molecule has 0 aliphatic carbocycles.